The molecule has 100 valence electrons. The fourth-order valence-corrected chi connectivity index (χ4v) is 2.21. The lowest BCUT2D eigenvalue weighted by Gasteiger charge is -2.02. The minimum atomic E-state index is -0.697. The number of halogens is 2. The molecule has 1 saturated heterocycles. The first kappa shape index (κ1) is 12.2. The third kappa shape index (κ3) is 2.23. The molecule has 4 nitrogen and oxygen atoms in total. The Kier molecular flexibility index (Phi) is 3.02. The second kappa shape index (κ2) is 4.70. The van der Waals surface area contributed by atoms with Crippen molar-refractivity contribution in [1.82, 2.24) is 15.5 Å². The van der Waals surface area contributed by atoms with E-state index >= 15 is 0 Å². The van der Waals surface area contributed by atoms with Gasteiger partial charge in [-0.15, -0.1) is 0 Å². The molecule has 2 aromatic rings. The summed E-state index contributed by atoms with van der Waals surface area (Å²) in [6.07, 6.45) is 1.99. The van der Waals surface area contributed by atoms with E-state index in [2.05, 4.69) is 15.5 Å². The van der Waals surface area contributed by atoms with Crippen LogP contribution in [0, 0.1) is 18.6 Å². The summed E-state index contributed by atoms with van der Waals surface area (Å²) in [5.74, 6) is -0.672. The zero-order valence-corrected chi connectivity index (χ0v) is 10.4. The van der Waals surface area contributed by atoms with E-state index < -0.39 is 11.6 Å². The highest BCUT2D eigenvalue weighted by atomic mass is 19.1. The Morgan fingerprint density at radius 2 is 2.16 bits per heavy atom. The van der Waals surface area contributed by atoms with Gasteiger partial charge in [-0.25, -0.2) is 8.78 Å². The van der Waals surface area contributed by atoms with Gasteiger partial charge in [-0.3, -0.25) is 0 Å². The van der Waals surface area contributed by atoms with Crippen LogP contribution in [-0.4, -0.2) is 16.7 Å². The Labute approximate surface area is 108 Å². The smallest absolute Gasteiger partial charge is 0.260 e. The molecule has 1 N–H and O–H groups in total. The van der Waals surface area contributed by atoms with Crippen LogP contribution in [-0.2, 0) is 0 Å². The number of nitrogens with zero attached hydrogens (tertiary/aromatic N) is 2. The maximum absolute atomic E-state index is 13.7. The summed E-state index contributed by atoms with van der Waals surface area (Å²) in [4.78, 5) is 4.19. The molecule has 1 aromatic carbocycles. The second-order valence-electron chi connectivity index (χ2n) is 4.69. The fourth-order valence-electron chi connectivity index (χ4n) is 2.21. The van der Waals surface area contributed by atoms with Gasteiger partial charge in [0.15, 0.2) is 5.82 Å². The molecule has 1 aliphatic heterocycles. The van der Waals surface area contributed by atoms with Crippen LogP contribution in [0.15, 0.2) is 16.7 Å². The molecule has 1 fully saturated rings. The SMILES string of the molecule is Cc1cc(-c2nc(C3CCCN3)no2)c(F)cc1F. The highest BCUT2D eigenvalue weighted by Crippen LogP contribution is 2.27. The predicted molar refractivity (Wildman–Crippen MR) is 64.4 cm³/mol. The molecule has 1 aromatic heterocycles. The first-order chi connectivity index (χ1) is 9.15. The van der Waals surface area contributed by atoms with Gasteiger partial charge in [0.25, 0.3) is 5.89 Å². The summed E-state index contributed by atoms with van der Waals surface area (Å²) in [6, 6.07) is 2.27. The van der Waals surface area contributed by atoms with Gasteiger partial charge in [-0.2, -0.15) is 4.98 Å². The lowest BCUT2D eigenvalue weighted by molar-refractivity contribution is 0.410. The van der Waals surface area contributed by atoms with Gasteiger partial charge in [0.1, 0.15) is 11.6 Å². The fraction of sp³-hybridized carbons (Fsp3) is 0.385. The van der Waals surface area contributed by atoms with Gasteiger partial charge in [-0.05, 0) is 37.9 Å². The summed E-state index contributed by atoms with van der Waals surface area (Å²) in [6.45, 7) is 2.48. The van der Waals surface area contributed by atoms with Crippen molar-refractivity contribution in [2.75, 3.05) is 6.54 Å². The van der Waals surface area contributed by atoms with Crippen molar-refractivity contribution in [3.05, 3.63) is 35.2 Å². The van der Waals surface area contributed by atoms with Crippen LogP contribution < -0.4 is 5.32 Å². The van der Waals surface area contributed by atoms with Gasteiger partial charge in [0, 0.05) is 6.07 Å². The maximum Gasteiger partial charge on any atom is 0.260 e. The Morgan fingerprint density at radius 3 is 2.89 bits per heavy atom. The Bertz CT molecular complexity index is 606. The molecule has 2 heterocycles. The van der Waals surface area contributed by atoms with Crippen molar-refractivity contribution in [2.45, 2.75) is 25.8 Å². The van der Waals surface area contributed by atoms with E-state index in [1.54, 1.807) is 6.92 Å². The van der Waals surface area contributed by atoms with Crippen LogP contribution in [0.4, 0.5) is 8.78 Å². The first-order valence-corrected chi connectivity index (χ1v) is 6.18. The Balaban J connectivity index is 1.96. The van der Waals surface area contributed by atoms with E-state index in [4.69, 9.17) is 4.52 Å². The number of hydrogen-bond acceptors (Lipinski definition) is 4. The molecule has 1 aliphatic rings. The quantitative estimate of drug-likeness (QED) is 0.907. The van der Waals surface area contributed by atoms with Crippen molar-refractivity contribution in [2.24, 2.45) is 0 Å². The normalized spacial score (nSPS) is 19.0. The van der Waals surface area contributed by atoms with Gasteiger partial charge >= 0.3 is 0 Å². The molecule has 3 rings (SSSR count). The highest BCUT2D eigenvalue weighted by Gasteiger charge is 2.23. The summed E-state index contributed by atoms with van der Waals surface area (Å²) in [5, 5.41) is 7.09. The molecule has 0 radical (unpaired) electrons. The minimum Gasteiger partial charge on any atom is -0.334 e. The van der Waals surface area contributed by atoms with E-state index in [9.17, 15) is 8.78 Å². The molecule has 1 unspecified atom stereocenters. The predicted octanol–water partition coefficient (Wildman–Crippen LogP) is 2.75. The van der Waals surface area contributed by atoms with Crippen molar-refractivity contribution in [3.63, 3.8) is 0 Å². The van der Waals surface area contributed by atoms with Crippen LogP contribution >= 0.6 is 0 Å². The third-order valence-electron chi connectivity index (χ3n) is 3.29. The number of aryl methyl sites for hydroxylation is 1. The van der Waals surface area contributed by atoms with Crippen molar-refractivity contribution >= 4 is 0 Å². The topological polar surface area (TPSA) is 51.0 Å². The molecule has 0 spiro atoms. The molecule has 0 aliphatic carbocycles. The zero-order valence-electron chi connectivity index (χ0n) is 10.4. The van der Waals surface area contributed by atoms with E-state index in [-0.39, 0.29) is 17.5 Å². The summed E-state index contributed by atoms with van der Waals surface area (Å²) in [5.41, 5.74) is 0.478. The number of nitrogens with one attached hydrogen (secondary N) is 1. The molecule has 6 heteroatoms. The standard InChI is InChI=1S/C13H13F2N3O/c1-7-5-8(10(15)6-9(7)14)13-17-12(18-19-13)11-3-2-4-16-11/h5-6,11,16H,2-4H2,1H3. The second-order valence-corrected chi connectivity index (χ2v) is 4.69. The third-order valence-corrected chi connectivity index (χ3v) is 3.29. The molecule has 0 bridgehead atoms. The van der Waals surface area contributed by atoms with Gasteiger partial charge < -0.3 is 9.84 Å². The number of aromatic nitrogens is 2. The summed E-state index contributed by atoms with van der Waals surface area (Å²) < 4.78 is 32.0. The molecule has 19 heavy (non-hydrogen) atoms. The Morgan fingerprint density at radius 1 is 1.32 bits per heavy atom. The van der Waals surface area contributed by atoms with Gasteiger partial charge in [0.2, 0.25) is 0 Å². The largest absolute Gasteiger partial charge is 0.334 e. The lowest BCUT2D eigenvalue weighted by atomic mass is 10.1. The van der Waals surface area contributed by atoms with Crippen molar-refractivity contribution < 1.29 is 13.3 Å². The molecule has 0 amide bonds. The van der Waals surface area contributed by atoms with Crippen LogP contribution in [0.3, 0.4) is 0 Å². The Hall–Kier alpha value is -1.82. The zero-order chi connectivity index (χ0) is 13.4. The van der Waals surface area contributed by atoms with E-state index in [0.717, 1.165) is 25.5 Å². The monoisotopic (exact) mass is 265 g/mol. The summed E-state index contributed by atoms with van der Waals surface area (Å²) in [7, 11) is 0. The first-order valence-electron chi connectivity index (χ1n) is 6.18. The van der Waals surface area contributed by atoms with Gasteiger partial charge in [0.05, 0.1) is 11.6 Å². The van der Waals surface area contributed by atoms with Crippen LogP contribution in [0.25, 0.3) is 11.5 Å². The van der Waals surface area contributed by atoms with E-state index in [1.165, 1.54) is 6.07 Å². The minimum absolute atomic E-state index is 0.0575. The molecule has 0 saturated carbocycles. The van der Waals surface area contributed by atoms with Crippen LogP contribution in [0.5, 0.6) is 0 Å². The van der Waals surface area contributed by atoms with Crippen molar-refractivity contribution in [1.29, 1.82) is 0 Å². The van der Waals surface area contributed by atoms with E-state index in [1.807, 2.05) is 0 Å². The average Bonchev–Trinajstić information content (AvgIpc) is 3.03. The average molecular weight is 265 g/mol. The van der Waals surface area contributed by atoms with Crippen LogP contribution in [0.2, 0.25) is 0 Å². The van der Waals surface area contributed by atoms with Crippen LogP contribution in [0.1, 0.15) is 30.3 Å². The number of benzene rings is 1. The molecular weight excluding hydrogens is 252 g/mol. The lowest BCUT2D eigenvalue weighted by Crippen LogP contribution is -2.14. The van der Waals surface area contributed by atoms with Gasteiger partial charge in [-0.1, -0.05) is 5.16 Å². The van der Waals surface area contributed by atoms with E-state index in [0.29, 0.717) is 11.4 Å². The highest BCUT2D eigenvalue weighted by molar-refractivity contribution is 5.55. The van der Waals surface area contributed by atoms with Crippen molar-refractivity contribution in [3.8, 4) is 11.5 Å². The number of hydrogen-bond donors (Lipinski definition) is 1. The molecule has 1 atom stereocenters. The number of rotatable bonds is 2. The molecular formula is C13H13F2N3O. The maximum atomic E-state index is 13.7. The summed E-state index contributed by atoms with van der Waals surface area (Å²) >= 11 is 0.